The van der Waals surface area contributed by atoms with Gasteiger partial charge >= 0.3 is 6.09 Å². The Labute approximate surface area is 190 Å². The molecule has 10 heteroatoms. The van der Waals surface area contributed by atoms with Gasteiger partial charge in [0.05, 0.1) is 18.1 Å². The number of anilines is 1. The van der Waals surface area contributed by atoms with Gasteiger partial charge in [0.2, 0.25) is 0 Å². The molecule has 0 radical (unpaired) electrons. The molecular formula is C22H27FN4O4S. The van der Waals surface area contributed by atoms with Crippen LogP contribution in [-0.4, -0.2) is 53.8 Å². The Morgan fingerprint density at radius 1 is 1.44 bits per heavy atom. The third kappa shape index (κ3) is 4.16. The van der Waals surface area contributed by atoms with Gasteiger partial charge in [-0.2, -0.15) is 0 Å². The molecule has 2 unspecified atom stereocenters. The van der Waals surface area contributed by atoms with Gasteiger partial charge in [-0.25, -0.2) is 9.18 Å². The van der Waals surface area contributed by atoms with Crippen molar-refractivity contribution in [2.45, 2.75) is 31.7 Å². The molecule has 0 aliphatic carbocycles. The molecule has 2 N–H and O–H groups in total. The van der Waals surface area contributed by atoms with E-state index >= 15 is 0 Å². The molecule has 0 spiro atoms. The number of benzene rings is 1. The van der Waals surface area contributed by atoms with Gasteiger partial charge in [0.1, 0.15) is 5.82 Å². The van der Waals surface area contributed by atoms with Crippen LogP contribution in [0.4, 0.5) is 14.9 Å². The van der Waals surface area contributed by atoms with Gasteiger partial charge in [0.15, 0.2) is 11.4 Å². The maximum atomic E-state index is 13.6. The first-order chi connectivity index (χ1) is 15.2. The number of rotatable bonds is 3. The molecule has 3 heterocycles. The zero-order chi connectivity index (χ0) is 23.0. The number of halogens is 1. The Kier molecular flexibility index (Phi) is 6.09. The molecule has 4 rings (SSSR count). The second kappa shape index (κ2) is 8.67. The maximum Gasteiger partial charge on any atom is 0.409 e. The Hall–Kier alpha value is -2.72. The minimum Gasteiger partial charge on any atom is -0.489 e. The molecule has 0 bridgehead atoms. The molecule has 2 aliphatic heterocycles. The summed E-state index contributed by atoms with van der Waals surface area (Å²) in [6, 6.07) is 4.45. The maximum absolute atomic E-state index is 13.6. The second-order valence-electron chi connectivity index (χ2n) is 8.49. The largest absolute Gasteiger partial charge is 0.489 e. The highest BCUT2D eigenvalue weighted by molar-refractivity contribution is 7.97. The molecule has 2 atom stereocenters. The van der Waals surface area contributed by atoms with Crippen molar-refractivity contribution < 1.29 is 23.5 Å². The summed E-state index contributed by atoms with van der Waals surface area (Å²) in [5.74, 6) is -0.188. The lowest BCUT2D eigenvalue weighted by atomic mass is 9.87. The molecule has 2 amide bonds. The van der Waals surface area contributed by atoms with Crippen LogP contribution >= 0.6 is 11.9 Å². The summed E-state index contributed by atoms with van der Waals surface area (Å²) < 4.78 is 30.1. The molecule has 1 aromatic heterocycles. The van der Waals surface area contributed by atoms with Crippen molar-refractivity contribution in [1.82, 2.24) is 14.2 Å². The van der Waals surface area contributed by atoms with Crippen molar-refractivity contribution in [3.63, 3.8) is 0 Å². The van der Waals surface area contributed by atoms with E-state index in [-0.39, 0.29) is 29.3 Å². The molecule has 1 fully saturated rings. The number of likely N-dealkylation sites (tertiary alicyclic amines) is 1. The van der Waals surface area contributed by atoms with E-state index in [9.17, 15) is 14.0 Å². The summed E-state index contributed by atoms with van der Waals surface area (Å²) in [7, 11) is 1.78. The number of ether oxygens (including phenoxy) is 2. The van der Waals surface area contributed by atoms with Crippen molar-refractivity contribution in [3.8, 4) is 5.75 Å². The monoisotopic (exact) mass is 462 g/mol. The van der Waals surface area contributed by atoms with Crippen LogP contribution in [0.25, 0.3) is 0 Å². The first-order valence-electron chi connectivity index (χ1n) is 10.5. The predicted molar refractivity (Wildman–Crippen MR) is 119 cm³/mol. The Bertz CT molecular complexity index is 1060. The van der Waals surface area contributed by atoms with Crippen LogP contribution in [0.15, 0.2) is 29.3 Å². The van der Waals surface area contributed by atoms with E-state index in [2.05, 4.69) is 17.0 Å². The van der Waals surface area contributed by atoms with Crippen molar-refractivity contribution in [2.24, 2.45) is 12.5 Å². The summed E-state index contributed by atoms with van der Waals surface area (Å²) in [6.45, 7) is 7.15. The highest BCUT2D eigenvalue weighted by Gasteiger charge is 2.47. The van der Waals surface area contributed by atoms with E-state index in [1.807, 2.05) is 6.20 Å². The third-order valence-corrected chi connectivity index (χ3v) is 6.83. The van der Waals surface area contributed by atoms with Crippen molar-refractivity contribution in [3.05, 3.63) is 41.5 Å². The zero-order valence-electron chi connectivity index (χ0n) is 18.5. The highest BCUT2D eigenvalue weighted by atomic mass is 32.2. The summed E-state index contributed by atoms with van der Waals surface area (Å²) in [5, 5.41) is 2.83. The number of hydrogen-bond donors (Lipinski definition) is 2. The predicted octanol–water partition coefficient (Wildman–Crippen LogP) is 3.56. The van der Waals surface area contributed by atoms with Crippen molar-refractivity contribution in [1.29, 1.82) is 0 Å². The number of carbonyl (C=O) groups excluding carboxylic acids is 2. The number of fused-ring (bicyclic) bond motifs is 2. The number of aryl methyl sites for hydroxylation is 2. The molecular weight excluding hydrogens is 435 g/mol. The van der Waals surface area contributed by atoms with E-state index in [1.165, 1.54) is 24.1 Å². The van der Waals surface area contributed by atoms with Gasteiger partial charge in [-0.15, -0.1) is 0 Å². The average molecular weight is 463 g/mol. The standard InChI is InChI=1S/C22H27FN4O4S/c1-5-30-21(29)27-10-17-22(3,11-27)12-31-19-16(32-25-17)9-26(4)18(19)20(28)24-14-6-7-15(23)13(2)8-14/h6-9,17,25H,5,10-12H2,1-4H3,(H,24,28). The SMILES string of the molecule is CCOC(=O)N1CC2NSc3cn(C)c(C(=O)Nc4ccc(F)c(C)c4)c3OCC2(C)C1. The van der Waals surface area contributed by atoms with Gasteiger partial charge in [-0.05, 0) is 49.6 Å². The first kappa shape index (κ1) is 22.5. The van der Waals surface area contributed by atoms with E-state index in [1.54, 1.807) is 36.4 Å². The number of nitrogens with one attached hydrogen (secondary N) is 2. The molecule has 0 saturated carbocycles. The quantitative estimate of drug-likeness (QED) is 0.679. The summed E-state index contributed by atoms with van der Waals surface area (Å²) in [6.07, 6.45) is 1.50. The van der Waals surface area contributed by atoms with Crippen LogP contribution < -0.4 is 14.8 Å². The van der Waals surface area contributed by atoms with Crippen LogP contribution in [0.3, 0.4) is 0 Å². The minimum absolute atomic E-state index is 0.00438. The summed E-state index contributed by atoms with van der Waals surface area (Å²) >= 11 is 1.38. The molecule has 1 aromatic carbocycles. The fourth-order valence-electron chi connectivity index (χ4n) is 4.07. The third-order valence-electron chi connectivity index (χ3n) is 5.91. The normalized spacial score (nSPS) is 22.3. The van der Waals surface area contributed by atoms with Gasteiger partial charge in [-0.1, -0.05) is 6.92 Å². The molecule has 172 valence electrons. The van der Waals surface area contributed by atoms with Gasteiger partial charge < -0.3 is 24.3 Å². The van der Waals surface area contributed by atoms with Crippen LogP contribution in [0.5, 0.6) is 5.75 Å². The number of amides is 2. The molecule has 2 aliphatic rings. The van der Waals surface area contributed by atoms with E-state index in [4.69, 9.17) is 9.47 Å². The van der Waals surface area contributed by atoms with Crippen LogP contribution in [0, 0.1) is 18.2 Å². The number of aromatic nitrogens is 1. The Balaban J connectivity index is 1.55. The lowest BCUT2D eigenvalue weighted by molar-refractivity contribution is 0.0994. The van der Waals surface area contributed by atoms with E-state index in [0.717, 1.165) is 4.90 Å². The Morgan fingerprint density at radius 3 is 2.94 bits per heavy atom. The number of nitrogens with zero attached hydrogens (tertiary/aromatic N) is 2. The molecule has 32 heavy (non-hydrogen) atoms. The lowest BCUT2D eigenvalue weighted by Gasteiger charge is -2.32. The van der Waals surface area contributed by atoms with Crippen LogP contribution in [0.2, 0.25) is 0 Å². The van der Waals surface area contributed by atoms with E-state index in [0.29, 0.717) is 49.0 Å². The number of carbonyl (C=O) groups is 2. The van der Waals surface area contributed by atoms with Crippen LogP contribution in [0.1, 0.15) is 29.9 Å². The topological polar surface area (TPSA) is 84.8 Å². The highest BCUT2D eigenvalue weighted by Crippen LogP contribution is 2.41. The van der Waals surface area contributed by atoms with Crippen molar-refractivity contribution in [2.75, 3.05) is 31.6 Å². The second-order valence-corrected chi connectivity index (χ2v) is 9.37. The smallest absolute Gasteiger partial charge is 0.409 e. The fourth-order valence-corrected chi connectivity index (χ4v) is 5.15. The summed E-state index contributed by atoms with van der Waals surface area (Å²) in [4.78, 5) is 27.8. The summed E-state index contributed by atoms with van der Waals surface area (Å²) in [5.41, 5.74) is 0.981. The van der Waals surface area contributed by atoms with Crippen molar-refractivity contribution >= 4 is 29.6 Å². The van der Waals surface area contributed by atoms with E-state index < -0.39 is 0 Å². The fraction of sp³-hybridized carbons (Fsp3) is 0.455. The Morgan fingerprint density at radius 2 is 2.22 bits per heavy atom. The molecule has 1 saturated heterocycles. The van der Waals surface area contributed by atoms with Gasteiger partial charge in [0.25, 0.3) is 5.91 Å². The molecule has 2 aromatic rings. The first-order valence-corrected chi connectivity index (χ1v) is 11.3. The van der Waals surface area contributed by atoms with Crippen LogP contribution in [-0.2, 0) is 11.8 Å². The van der Waals surface area contributed by atoms with Gasteiger partial charge in [-0.3, -0.25) is 9.52 Å². The number of hydrogen-bond acceptors (Lipinski definition) is 6. The van der Waals surface area contributed by atoms with Gasteiger partial charge in [0, 0.05) is 43.5 Å². The lowest BCUT2D eigenvalue weighted by Crippen LogP contribution is -2.44. The average Bonchev–Trinajstić information content (AvgIpc) is 3.23. The minimum atomic E-state index is -0.352. The zero-order valence-corrected chi connectivity index (χ0v) is 19.3. The molecule has 8 nitrogen and oxygen atoms in total.